The summed E-state index contributed by atoms with van der Waals surface area (Å²) in [6, 6.07) is 20.4. The van der Waals surface area contributed by atoms with Crippen LogP contribution < -0.4 is 19.9 Å². The zero-order valence-electron chi connectivity index (χ0n) is 16.3. The van der Waals surface area contributed by atoms with Crippen LogP contribution in [0, 0.1) is 6.92 Å². The van der Waals surface area contributed by atoms with E-state index in [0.717, 1.165) is 55.1 Å². The number of nitrogens with one attached hydrogen (secondary N) is 1. The maximum Gasteiger partial charge on any atom is 0.136 e. The van der Waals surface area contributed by atoms with Crippen molar-refractivity contribution >= 4 is 23.0 Å². The van der Waals surface area contributed by atoms with Gasteiger partial charge in [0.2, 0.25) is 0 Å². The molecule has 0 aliphatic carbocycles. The predicted molar refractivity (Wildman–Crippen MR) is 114 cm³/mol. The van der Waals surface area contributed by atoms with Crippen molar-refractivity contribution in [2.45, 2.75) is 6.92 Å². The van der Waals surface area contributed by atoms with E-state index in [4.69, 9.17) is 4.74 Å². The molecule has 28 heavy (non-hydrogen) atoms. The average molecular weight is 375 g/mol. The van der Waals surface area contributed by atoms with Crippen LogP contribution >= 0.6 is 0 Å². The van der Waals surface area contributed by atoms with Gasteiger partial charge in [-0.2, -0.15) is 0 Å². The second kappa shape index (κ2) is 8.17. The van der Waals surface area contributed by atoms with Crippen LogP contribution in [0.1, 0.15) is 5.82 Å². The van der Waals surface area contributed by atoms with Gasteiger partial charge < -0.3 is 19.9 Å². The molecule has 1 aliphatic heterocycles. The summed E-state index contributed by atoms with van der Waals surface area (Å²) >= 11 is 0. The van der Waals surface area contributed by atoms with Crippen LogP contribution in [-0.2, 0) is 0 Å². The highest BCUT2D eigenvalue weighted by Crippen LogP contribution is 2.23. The lowest BCUT2D eigenvalue weighted by Crippen LogP contribution is -2.46. The zero-order valence-corrected chi connectivity index (χ0v) is 16.3. The molecule has 1 saturated heterocycles. The van der Waals surface area contributed by atoms with Crippen LogP contribution in [-0.4, -0.2) is 43.3 Å². The number of aromatic nitrogens is 2. The number of ether oxygens (including phenoxy) is 1. The molecule has 0 unspecified atom stereocenters. The minimum atomic E-state index is 0.763. The summed E-state index contributed by atoms with van der Waals surface area (Å²) in [7, 11) is 1.67. The summed E-state index contributed by atoms with van der Waals surface area (Å²) < 4.78 is 5.21. The first-order valence-corrected chi connectivity index (χ1v) is 9.53. The number of nitrogens with zero attached hydrogens (tertiary/aromatic N) is 4. The van der Waals surface area contributed by atoms with Crippen molar-refractivity contribution < 1.29 is 4.74 Å². The molecule has 2 aromatic carbocycles. The van der Waals surface area contributed by atoms with Crippen molar-refractivity contribution in [3.63, 3.8) is 0 Å². The van der Waals surface area contributed by atoms with Crippen molar-refractivity contribution in [3.8, 4) is 5.75 Å². The van der Waals surface area contributed by atoms with Crippen molar-refractivity contribution in [2.24, 2.45) is 0 Å². The quantitative estimate of drug-likeness (QED) is 0.731. The normalized spacial score (nSPS) is 14.1. The number of aryl methyl sites for hydroxylation is 1. The number of piperazine rings is 1. The molecule has 3 aromatic rings. The minimum Gasteiger partial charge on any atom is -0.497 e. The molecule has 1 aromatic heterocycles. The lowest BCUT2D eigenvalue weighted by Gasteiger charge is -2.36. The molecule has 2 heterocycles. The summed E-state index contributed by atoms with van der Waals surface area (Å²) in [5.74, 6) is 3.37. The molecule has 0 bridgehead atoms. The first kappa shape index (κ1) is 18.1. The van der Waals surface area contributed by atoms with Gasteiger partial charge in [0.25, 0.3) is 0 Å². The highest BCUT2D eigenvalue weighted by atomic mass is 16.5. The van der Waals surface area contributed by atoms with Crippen molar-refractivity contribution in [3.05, 3.63) is 66.5 Å². The van der Waals surface area contributed by atoms with Crippen LogP contribution in [0.5, 0.6) is 5.75 Å². The second-order valence-electron chi connectivity index (χ2n) is 6.82. The van der Waals surface area contributed by atoms with Crippen molar-refractivity contribution in [1.29, 1.82) is 0 Å². The minimum absolute atomic E-state index is 0.763. The molecule has 1 N–H and O–H groups in total. The molecular formula is C22H25N5O. The fourth-order valence-corrected chi connectivity index (χ4v) is 3.43. The van der Waals surface area contributed by atoms with Crippen LogP contribution in [0.25, 0.3) is 0 Å². The first-order valence-electron chi connectivity index (χ1n) is 9.53. The highest BCUT2D eigenvalue weighted by molar-refractivity contribution is 5.61. The van der Waals surface area contributed by atoms with E-state index in [1.54, 1.807) is 7.11 Å². The third-order valence-corrected chi connectivity index (χ3v) is 4.91. The van der Waals surface area contributed by atoms with E-state index in [2.05, 4.69) is 55.4 Å². The lowest BCUT2D eigenvalue weighted by atomic mass is 10.2. The highest BCUT2D eigenvalue weighted by Gasteiger charge is 2.19. The number of anilines is 4. The molecule has 6 heteroatoms. The average Bonchev–Trinajstić information content (AvgIpc) is 2.75. The Morgan fingerprint density at radius 1 is 0.857 bits per heavy atom. The summed E-state index contributed by atoms with van der Waals surface area (Å²) in [6.45, 7) is 5.77. The Balaban J connectivity index is 1.45. The number of hydrogen-bond donors (Lipinski definition) is 1. The number of para-hydroxylation sites is 1. The number of benzene rings is 2. The smallest absolute Gasteiger partial charge is 0.136 e. The lowest BCUT2D eigenvalue weighted by molar-refractivity contribution is 0.415. The van der Waals surface area contributed by atoms with Crippen LogP contribution in [0.4, 0.5) is 23.0 Å². The third-order valence-electron chi connectivity index (χ3n) is 4.91. The Labute approximate surface area is 165 Å². The molecule has 4 rings (SSSR count). The van der Waals surface area contributed by atoms with Gasteiger partial charge in [-0.15, -0.1) is 0 Å². The Bertz CT molecular complexity index is 906. The van der Waals surface area contributed by atoms with Crippen molar-refractivity contribution in [1.82, 2.24) is 9.97 Å². The molecule has 1 fully saturated rings. The number of hydrogen-bond acceptors (Lipinski definition) is 6. The molecule has 0 saturated carbocycles. The van der Waals surface area contributed by atoms with Crippen LogP contribution in [0.3, 0.4) is 0 Å². The van der Waals surface area contributed by atoms with Crippen LogP contribution in [0.15, 0.2) is 60.7 Å². The zero-order chi connectivity index (χ0) is 19.3. The summed E-state index contributed by atoms with van der Waals surface area (Å²) in [5, 5.41) is 3.37. The van der Waals surface area contributed by atoms with Gasteiger partial charge in [-0.3, -0.25) is 0 Å². The van der Waals surface area contributed by atoms with E-state index < -0.39 is 0 Å². The molecule has 6 nitrogen and oxygen atoms in total. The van der Waals surface area contributed by atoms with Gasteiger partial charge in [-0.25, -0.2) is 9.97 Å². The van der Waals surface area contributed by atoms with E-state index in [9.17, 15) is 0 Å². The summed E-state index contributed by atoms with van der Waals surface area (Å²) in [6.07, 6.45) is 0. The van der Waals surface area contributed by atoms with E-state index >= 15 is 0 Å². The van der Waals surface area contributed by atoms with E-state index in [1.165, 1.54) is 5.69 Å². The van der Waals surface area contributed by atoms with Gasteiger partial charge >= 0.3 is 0 Å². The Hall–Kier alpha value is -3.28. The Morgan fingerprint density at radius 3 is 2.21 bits per heavy atom. The van der Waals surface area contributed by atoms with E-state index in [0.29, 0.717) is 0 Å². The Morgan fingerprint density at radius 2 is 1.54 bits per heavy atom. The fourth-order valence-electron chi connectivity index (χ4n) is 3.43. The summed E-state index contributed by atoms with van der Waals surface area (Å²) in [4.78, 5) is 13.9. The van der Waals surface area contributed by atoms with Gasteiger partial charge in [0, 0.05) is 43.6 Å². The Kier molecular flexibility index (Phi) is 5.28. The summed E-state index contributed by atoms with van der Waals surface area (Å²) in [5.41, 5.74) is 2.25. The number of rotatable bonds is 5. The van der Waals surface area contributed by atoms with Gasteiger partial charge in [0.05, 0.1) is 7.11 Å². The monoisotopic (exact) mass is 375 g/mol. The molecular weight excluding hydrogens is 350 g/mol. The maximum atomic E-state index is 5.21. The molecule has 144 valence electrons. The molecule has 0 radical (unpaired) electrons. The van der Waals surface area contributed by atoms with Gasteiger partial charge in [-0.1, -0.05) is 18.2 Å². The van der Waals surface area contributed by atoms with Gasteiger partial charge in [-0.05, 0) is 43.3 Å². The predicted octanol–water partition coefficient (Wildman–Crippen LogP) is 3.86. The van der Waals surface area contributed by atoms with Gasteiger partial charge in [0.15, 0.2) is 0 Å². The largest absolute Gasteiger partial charge is 0.497 e. The molecule has 0 amide bonds. The van der Waals surface area contributed by atoms with Crippen LogP contribution in [0.2, 0.25) is 0 Å². The van der Waals surface area contributed by atoms with Crippen molar-refractivity contribution in [2.75, 3.05) is 48.4 Å². The molecule has 0 spiro atoms. The van der Waals surface area contributed by atoms with Gasteiger partial charge in [0.1, 0.15) is 23.2 Å². The second-order valence-corrected chi connectivity index (χ2v) is 6.82. The third kappa shape index (κ3) is 4.17. The molecule has 1 aliphatic rings. The topological polar surface area (TPSA) is 53.5 Å². The fraction of sp³-hybridized carbons (Fsp3) is 0.273. The van der Waals surface area contributed by atoms with E-state index in [1.807, 2.05) is 37.3 Å². The van der Waals surface area contributed by atoms with E-state index in [-0.39, 0.29) is 0 Å². The standard InChI is InChI=1S/C22H25N5O/c1-17-23-21(25-18-8-10-20(28-2)11-9-18)16-22(24-17)27-14-12-26(13-15-27)19-6-4-3-5-7-19/h3-11,16H,12-15H2,1-2H3,(H,23,24,25). The number of methoxy groups -OCH3 is 1. The first-order chi connectivity index (χ1) is 13.7. The molecule has 0 atom stereocenters. The SMILES string of the molecule is COc1ccc(Nc2cc(N3CCN(c4ccccc4)CC3)nc(C)n2)cc1. The maximum absolute atomic E-state index is 5.21.